The highest BCUT2D eigenvalue weighted by atomic mass is 32.1. The molecule has 0 radical (unpaired) electrons. The predicted molar refractivity (Wildman–Crippen MR) is 80.5 cm³/mol. The molecule has 0 bridgehead atoms. The SMILES string of the molecule is CC(C)(CNC(=O)Cc1ccc(F)cc1)c1ccsc1. The molecule has 106 valence electrons. The Morgan fingerprint density at radius 3 is 2.55 bits per heavy atom. The van der Waals surface area contributed by atoms with Gasteiger partial charge < -0.3 is 5.32 Å². The van der Waals surface area contributed by atoms with Crippen LogP contribution < -0.4 is 5.32 Å². The zero-order chi connectivity index (χ0) is 14.6. The van der Waals surface area contributed by atoms with E-state index in [4.69, 9.17) is 0 Å². The highest BCUT2D eigenvalue weighted by Crippen LogP contribution is 2.24. The van der Waals surface area contributed by atoms with Crippen molar-refractivity contribution >= 4 is 17.2 Å². The Balaban J connectivity index is 1.88. The minimum Gasteiger partial charge on any atom is -0.355 e. The molecule has 0 fully saturated rings. The smallest absolute Gasteiger partial charge is 0.224 e. The lowest BCUT2D eigenvalue weighted by Gasteiger charge is -2.24. The summed E-state index contributed by atoms with van der Waals surface area (Å²) in [6.45, 7) is 4.80. The third-order valence-corrected chi connectivity index (χ3v) is 3.99. The summed E-state index contributed by atoms with van der Waals surface area (Å²) in [7, 11) is 0. The van der Waals surface area contributed by atoms with Gasteiger partial charge in [-0.2, -0.15) is 11.3 Å². The molecule has 0 aliphatic heterocycles. The molecule has 0 aliphatic rings. The molecule has 1 aromatic carbocycles. The molecule has 2 nitrogen and oxygen atoms in total. The van der Waals surface area contributed by atoms with Gasteiger partial charge in [-0.15, -0.1) is 0 Å². The maximum absolute atomic E-state index is 12.8. The predicted octanol–water partition coefficient (Wildman–Crippen LogP) is 3.52. The Morgan fingerprint density at radius 1 is 1.25 bits per heavy atom. The standard InChI is InChI=1S/C16H18FNOS/c1-16(2,13-7-8-20-10-13)11-18-15(19)9-12-3-5-14(17)6-4-12/h3-8,10H,9,11H2,1-2H3,(H,18,19). The van der Waals surface area contributed by atoms with Crippen molar-refractivity contribution in [1.29, 1.82) is 0 Å². The van der Waals surface area contributed by atoms with Crippen LogP contribution in [0.5, 0.6) is 0 Å². The fraction of sp³-hybridized carbons (Fsp3) is 0.312. The number of nitrogens with one attached hydrogen (secondary N) is 1. The topological polar surface area (TPSA) is 29.1 Å². The Hall–Kier alpha value is -1.68. The van der Waals surface area contributed by atoms with Gasteiger partial charge in [-0.25, -0.2) is 4.39 Å². The van der Waals surface area contributed by atoms with E-state index >= 15 is 0 Å². The van der Waals surface area contributed by atoms with Gasteiger partial charge in [-0.1, -0.05) is 26.0 Å². The van der Waals surface area contributed by atoms with Crippen LogP contribution in [0.3, 0.4) is 0 Å². The summed E-state index contributed by atoms with van der Waals surface area (Å²) in [6.07, 6.45) is 0.278. The molecule has 0 spiro atoms. The van der Waals surface area contributed by atoms with Gasteiger partial charge in [-0.05, 0) is 40.1 Å². The molecule has 0 saturated carbocycles. The van der Waals surface area contributed by atoms with E-state index in [0.717, 1.165) is 5.56 Å². The van der Waals surface area contributed by atoms with Crippen molar-refractivity contribution in [3.63, 3.8) is 0 Å². The summed E-state index contributed by atoms with van der Waals surface area (Å²) in [5.41, 5.74) is 1.96. The average Bonchev–Trinajstić information content (AvgIpc) is 2.94. The van der Waals surface area contributed by atoms with Crippen molar-refractivity contribution in [2.45, 2.75) is 25.7 Å². The number of thiophene rings is 1. The lowest BCUT2D eigenvalue weighted by molar-refractivity contribution is -0.120. The number of hydrogen-bond donors (Lipinski definition) is 1. The lowest BCUT2D eigenvalue weighted by atomic mass is 9.86. The van der Waals surface area contributed by atoms with E-state index in [1.54, 1.807) is 23.5 Å². The van der Waals surface area contributed by atoms with Gasteiger partial charge in [0.25, 0.3) is 0 Å². The zero-order valence-corrected chi connectivity index (χ0v) is 12.5. The summed E-state index contributed by atoms with van der Waals surface area (Å²) >= 11 is 1.66. The number of halogens is 1. The highest BCUT2D eigenvalue weighted by Gasteiger charge is 2.21. The van der Waals surface area contributed by atoms with Gasteiger partial charge in [0.1, 0.15) is 5.82 Å². The van der Waals surface area contributed by atoms with Crippen LogP contribution in [0.4, 0.5) is 4.39 Å². The summed E-state index contributed by atoms with van der Waals surface area (Å²) in [4.78, 5) is 11.9. The van der Waals surface area contributed by atoms with Crippen LogP contribution in [0.15, 0.2) is 41.1 Å². The van der Waals surface area contributed by atoms with E-state index in [1.807, 2.05) is 5.38 Å². The van der Waals surface area contributed by atoms with E-state index in [9.17, 15) is 9.18 Å². The molecule has 0 aliphatic carbocycles. The molecule has 20 heavy (non-hydrogen) atoms. The number of carbonyl (C=O) groups excluding carboxylic acids is 1. The Labute approximate surface area is 122 Å². The van der Waals surface area contributed by atoms with Crippen LogP contribution in [0.25, 0.3) is 0 Å². The largest absolute Gasteiger partial charge is 0.355 e. The van der Waals surface area contributed by atoms with E-state index in [-0.39, 0.29) is 23.6 Å². The number of rotatable bonds is 5. The summed E-state index contributed by atoms with van der Waals surface area (Å²) in [5, 5.41) is 7.09. The van der Waals surface area contributed by atoms with E-state index < -0.39 is 0 Å². The molecule has 2 aromatic rings. The van der Waals surface area contributed by atoms with Crippen LogP contribution >= 0.6 is 11.3 Å². The molecule has 1 N–H and O–H groups in total. The fourth-order valence-electron chi connectivity index (χ4n) is 1.92. The molecule has 4 heteroatoms. The van der Waals surface area contributed by atoms with Crippen molar-refractivity contribution < 1.29 is 9.18 Å². The van der Waals surface area contributed by atoms with Crippen LogP contribution in [-0.4, -0.2) is 12.5 Å². The first-order valence-corrected chi connectivity index (χ1v) is 7.45. The van der Waals surface area contributed by atoms with Gasteiger partial charge in [0, 0.05) is 12.0 Å². The van der Waals surface area contributed by atoms with E-state index in [2.05, 4.69) is 30.6 Å². The molecular formula is C16H18FNOS. The monoisotopic (exact) mass is 291 g/mol. The average molecular weight is 291 g/mol. The van der Waals surface area contributed by atoms with Crippen LogP contribution in [-0.2, 0) is 16.6 Å². The first-order valence-electron chi connectivity index (χ1n) is 6.51. The van der Waals surface area contributed by atoms with Crippen molar-refractivity contribution in [2.24, 2.45) is 0 Å². The minimum absolute atomic E-state index is 0.0417. The number of hydrogen-bond acceptors (Lipinski definition) is 2. The van der Waals surface area contributed by atoms with Crippen LogP contribution in [0.1, 0.15) is 25.0 Å². The Kier molecular flexibility index (Phi) is 4.55. The third-order valence-electron chi connectivity index (χ3n) is 3.31. The second-order valence-corrected chi connectivity index (χ2v) is 6.26. The van der Waals surface area contributed by atoms with Gasteiger partial charge >= 0.3 is 0 Å². The quantitative estimate of drug-likeness (QED) is 0.897. The second-order valence-electron chi connectivity index (χ2n) is 5.48. The van der Waals surface area contributed by atoms with Gasteiger partial charge in [0.15, 0.2) is 0 Å². The molecule has 1 amide bonds. The molecular weight excluding hydrogens is 273 g/mol. The maximum Gasteiger partial charge on any atom is 0.224 e. The third kappa shape index (κ3) is 3.90. The highest BCUT2D eigenvalue weighted by molar-refractivity contribution is 7.08. The van der Waals surface area contributed by atoms with Gasteiger partial charge in [-0.3, -0.25) is 4.79 Å². The minimum atomic E-state index is -0.284. The summed E-state index contributed by atoms with van der Waals surface area (Å²) < 4.78 is 12.8. The summed E-state index contributed by atoms with van der Waals surface area (Å²) in [6, 6.07) is 8.10. The molecule has 2 rings (SSSR count). The van der Waals surface area contributed by atoms with Gasteiger partial charge in [0.05, 0.1) is 6.42 Å². The number of carbonyl (C=O) groups is 1. The van der Waals surface area contributed by atoms with Crippen molar-refractivity contribution in [2.75, 3.05) is 6.54 Å². The van der Waals surface area contributed by atoms with E-state index in [0.29, 0.717) is 6.54 Å². The van der Waals surface area contributed by atoms with E-state index in [1.165, 1.54) is 17.7 Å². The first kappa shape index (κ1) is 14.7. The van der Waals surface area contributed by atoms with Crippen molar-refractivity contribution in [3.8, 4) is 0 Å². The maximum atomic E-state index is 12.8. The Bertz CT molecular complexity index is 561. The zero-order valence-electron chi connectivity index (χ0n) is 11.7. The van der Waals surface area contributed by atoms with Crippen molar-refractivity contribution in [3.05, 3.63) is 58.0 Å². The molecule has 1 heterocycles. The molecule has 1 aromatic heterocycles. The summed E-state index contributed by atoms with van der Waals surface area (Å²) in [5.74, 6) is -0.326. The van der Waals surface area contributed by atoms with Crippen LogP contribution in [0.2, 0.25) is 0 Å². The molecule has 0 saturated heterocycles. The fourth-order valence-corrected chi connectivity index (χ4v) is 2.77. The Morgan fingerprint density at radius 2 is 1.95 bits per heavy atom. The number of amides is 1. The van der Waals surface area contributed by atoms with Crippen molar-refractivity contribution in [1.82, 2.24) is 5.32 Å². The lowest BCUT2D eigenvalue weighted by Crippen LogP contribution is -2.37. The molecule has 0 atom stereocenters. The van der Waals surface area contributed by atoms with Crippen LogP contribution in [0, 0.1) is 5.82 Å². The van der Waals surface area contributed by atoms with Gasteiger partial charge in [0.2, 0.25) is 5.91 Å². The molecule has 0 unspecified atom stereocenters. The number of benzene rings is 1. The second kappa shape index (κ2) is 6.18. The normalized spacial score (nSPS) is 11.3. The first-order chi connectivity index (χ1) is 9.47.